The summed E-state index contributed by atoms with van der Waals surface area (Å²) in [6.45, 7) is 1.19. The molecule has 0 radical (unpaired) electrons. The average molecular weight is 332 g/mol. The van der Waals surface area contributed by atoms with E-state index in [0.717, 1.165) is 36.3 Å². The first-order valence-corrected chi connectivity index (χ1v) is 10.1. The molecule has 0 saturated heterocycles. The van der Waals surface area contributed by atoms with E-state index in [0.29, 0.717) is 12.4 Å². The van der Waals surface area contributed by atoms with Gasteiger partial charge in [0.25, 0.3) is 0 Å². The highest BCUT2D eigenvalue weighted by atomic mass is 16.5. The summed E-state index contributed by atoms with van der Waals surface area (Å²) in [5, 5.41) is 4.16. The molecule has 4 rings (SSSR count). The summed E-state index contributed by atoms with van der Waals surface area (Å²) in [5.74, 6) is 3.24. The first-order chi connectivity index (χ1) is 11.8. The van der Waals surface area contributed by atoms with Crippen LogP contribution in [0.4, 0.5) is 0 Å². The molecule has 2 unspecified atom stereocenters. The summed E-state index contributed by atoms with van der Waals surface area (Å²) in [6.07, 6.45) is 15.5. The van der Waals surface area contributed by atoms with E-state index in [1.165, 1.54) is 70.6 Å². The van der Waals surface area contributed by atoms with Gasteiger partial charge in [0, 0.05) is 12.1 Å². The fraction of sp³-hybridized carbons (Fsp3) is 0.895. The second kappa shape index (κ2) is 7.52. The third-order valence-corrected chi connectivity index (χ3v) is 6.49. The molecule has 3 aliphatic carbocycles. The maximum atomic E-state index is 5.62. The Morgan fingerprint density at radius 1 is 0.958 bits per heavy atom. The quantitative estimate of drug-likeness (QED) is 0.861. The van der Waals surface area contributed by atoms with Crippen molar-refractivity contribution in [1.29, 1.82) is 0 Å². The molecule has 134 valence electrons. The molecule has 1 aromatic heterocycles. The zero-order valence-electron chi connectivity index (χ0n) is 14.8. The van der Waals surface area contributed by atoms with Crippen molar-refractivity contribution in [2.24, 2.45) is 17.6 Å². The molecule has 5 heteroatoms. The molecule has 1 heterocycles. The van der Waals surface area contributed by atoms with Gasteiger partial charge in [-0.05, 0) is 37.5 Å². The first kappa shape index (κ1) is 16.5. The molecule has 0 aliphatic heterocycles. The van der Waals surface area contributed by atoms with Gasteiger partial charge in [-0.2, -0.15) is 4.98 Å². The molecule has 0 amide bonds. The van der Waals surface area contributed by atoms with Crippen molar-refractivity contribution in [2.75, 3.05) is 0 Å². The summed E-state index contributed by atoms with van der Waals surface area (Å²) in [5.41, 5.74) is 5.62. The Kier molecular flexibility index (Phi) is 5.18. The van der Waals surface area contributed by atoms with E-state index >= 15 is 0 Å². The molecule has 0 aromatic carbocycles. The number of hydrogen-bond acceptors (Lipinski definition) is 5. The summed E-state index contributed by atoms with van der Waals surface area (Å²) in [6, 6.07) is 1.48. The van der Waals surface area contributed by atoms with Gasteiger partial charge in [-0.1, -0.05) is 50.1 Å². The van der Waals surface area contributed by atoms with Crippen molar-refractivity contribution in [3.8, 4) is 0 Å². The van der Waals surface area contributed by atoms with Crippen molar-refractivity contribution in [3.63, 3.8) is 0 Å². The molecule has 0 bridgehead atoms. The lowest BCUT2D eigenvalue weighted by molar-refractivity contribution is 0.0435. The van der Waals surface area contributed by atoms with Crippen LogP contribution in [-0.4, -0.2) is 27.1 Å². The van der Waals surface area contributed by atoms with Crippen LogP contribution in [0.25, 0.3) is 0 Å². The fourth-order valence-electron chi connectivity index (χ4n) is 5.19. The maximum Gasteiger partial charge on any atom is 0.240 e. The van der Waals surface area contributed by atoms with Crippen LogP contribution in [0.3, 0.4) is 0 Å². The SMILES string of the molecule is NCc1nc(CN(C2CC2)C2CCCCC2C2CCCCC2)no1. The van der Waals surface area contributed by atoms with E-state index in [1.54, 1.807) is 0 Å². The first-order valence-electron chi connectivity index (χ1n) is 10.1. The van der Waals surface area contributed by atoms with E-state index in [-0.39, 0.29) is 0 Å². The van der Waals surface area contributed by atoms with Crippen LogP contribution in [0.1, 0.15) is 82.3 Å². The molecule has 3 saturated carbocycles. The van der Waals surface area contributed by atoms with Crippen LogP contribution in [0.15, 0.2) is 4.52 Å². The third-order valence-electron chi connectivity index (χ3n) is 6.49. The predicted molar refractivity (Wildman–Crippen MR) is 93.1 cm³/mol. The second-order valence-corrected chi connectivity index (χ2v) is 8.13. The number of aromatic nitrogens is 2. The molecule has 0 spiro atoms. The maximum absolute atomic E-state index is 5.62. The molecule has 3 aliphatic rings. The Hall–Kier alpha value is -0.940. The smallest absolute Gasteiger partial charge is 0.240 e. The second-order valence-electron chi connectivity index (χ2n) is 8.13. The lowest BCUT2D eigenvalue weighted by atomic mass is 9.70. The van der Waals surface area contributed by atoms with E-state index in [4.69, 9.17) is 10.3 Å². The highest BCUT2D eigenvalue weighted by molar-refractivity contribution is 4.98. The molecule has 2 N–H and O–H groups in total. The van der Waals surface area contributed by atoms with Crippen molar-refractivity contribution < 1.29 is 4.52 Å². The van der Waals surface area contributed by atoms with Gasteiger partial charge in [0.15, 0.2) is 5.82 Å². The Morgan fingerprint density at radius 3 is 2.42 bits per heavy atom. The Morgan fingerprint density at radius 2 is 1.71 bits per heavy atom. The van der Waals surface area contributed by atoms with Crippen LogP contribution < -0.4 is 5.73 Å². The van der Waals surface area contributed by atoms with Crippen molar-refractivity contribution in [2.45, 2.75) is 95.8 Å². The van der Waals surface area contributed by atoms with E-state index in [2.05, 4.69) is 15.0 Å². The minimum Gasteiger partial charge on any atom is -0.338 e. The summed E-state index contributed by atoms with van der Waals surface area (Å²) in [7, 11) is 0. The van der Waals surface area contributed by atoms with Gasteiger partial charge in [0.1, 0.15) is 0 Å². The standard InChI is InChI=1S/C19H32N4O/c20-12-19-21-18(22-24-19)13-23(15-10-11-15)17-9-5-4-8-16(17)14-6-2-1-3-7-14/h14-17H,1-13,20H2. The summed E-state index contributed by atoms with van der Waals surface area (Å²) < 4.78 is 5.23. The molecule has 5 nitrogen and oxygen atoms in total. The van der Waals surface area contributed by atoms with Gasteiger partial charge in [-0.3, -0.25) is 4.90 Å². The number of nitrogens with two attached hydrogens (primary N) is 1. The van der Waals surface area contributed by atoms with E-state index in [1.807, 2.05) is 0 Å². The van der Waals surface area contributed by atoms with Crippen LogP contribution in [0.5, 0.6) is 0 Å². The van der Waals surface area contributed by atoms with Crippen molar-refractivity contribution >= 4 is 0 Å². The van der Waals surface area contributed by atoms with Gasteiger partial charge < -0.3 is 10.3 Å². The Balaban J connectivity index is 1.49. The van der Waals surface area contributed by atoms with Crippen LogP contribution >= 0.6 is 0 Å². The fourth-order valence-corrected chi connectivity index (χ4v) is 5.19. The topological polar surface area (TPSA) is 68.2 Å². The normalized spacial score (nSPS) is 29.2. The van der Waals surface area contributed by atoms with Crippen LogP contribution in [0.2, 0.25) is 0 Å². The largest absolute Gasteiger partial charge is 0.338 e. The Bertz CT molecular complexity index is 521. The van der Waals surface area contributed by atoms with Gasteiger partial charge in [-0.15, -0.1) is 0 Å². The van der Waals surface area contributed by atoms with Crippen LogP contribution in [0, 0.1) is 11.8 Å². The number of hydrogen-bond donors (Lipinski definition) is 1. The van der Waals surface area contributed by atoms with Crippen molar-refractivity contribution in [3.05, 3.63) is 11.7 Å². The molecular formula is C19H32N4O. The molecule has 2 atom stereocenters. The van der Waals surface area contributed by atoms with E-state index < -0.39 is 0 Å². The van der Waals surface area contributed by atoms with Gasteiger partial charge >= 0.3 is 0 Å². The van der Waals surface area contributed by atoms with Gasteiger partial charge in [0.2, 0.25) is 5.89 Å². The number of nitrogens with zero attached hydrogens (tertiary/aromatic N) is 3. The lowest BCUT2D eigenvalue weighted by Gasteiger charge is -2.44. The number of rotatable bonds is 6. The molecule has 24 heavy (non-hydrogen) atoms. The monoisotopic (exact) mass is 332 g/mol. The lowest BCUT2D eigenvalue weighted by Crippen LogP contribution is -2.46. The Labute approximate surface area is 145 Å². The molecule has 3 fully saturated rings. The summed E-state index contributed by atoms with van der Waals surface area (Å²) >= 11 is 0. The van der Waals surface area contributed by atoms with E-state index in [9.17, 15) is 0 Å². The molecule has 1 aromatic rings. The van der Waals surface area contributed by atoms with Crippen LogP contribution in [-0.2, 0) is 13.1 Å². The van der Waals surface area contributed by atoms with Crippen molar-refractivity contribution in [1.82, 2.24) is 15.0 Å². The molecular weight excluding hydrogens is 300 g/mol. The summed E-state index contributed by atoms with van der Waals surface area (Å²) in [4.78, 5) is 7.21. The zero-order valence-corrected chi connectivity index (χ0v) is 14.8. The predicted octanol–water partition coefficient (Wildman–Crippen LogP) is 3.63. The highest BCUT2D eigenvalue weighted by Crippen LogP contribution is 2.43. The van der Waals surface area contributed by atoms with Gasteiger partial charge in [-0.25, -0.2) is 0 Å². The van der Waals surface area contributed by atoms with Gasteiger partial charge in [0.05, 0.1) is 13.1 Å². The third kappa shape index (κ3) is 3.67. The minimum absolute atomic E-state index is 0.338. The average Bonchev–Trinajstić information content (AvgIpc) is 3.39. The zero-order chi connectivity index (χ0) is 16.4. The highest BCUT2D eigenvalue weighted by Gasteiger charge is 2.41. The minimum atomic E-state index is 0.338.